The normalized spacial score (nSPS) is 18.4. The van der Waals surface area contributed by atoms with Gasteiger partial charge in [-0.25, -0.2) is 0 Å². The summed E-state index contributed by atoms with van der Waals surface area (Å²) in [6, 6.07) is 7.79. The Bertz CT molecular complexity index is 1160. The Morgan fingerprint density at radius 1 is 1.13 bits per heavy atom. The van der Waals surface area contributed by atoms with Gasteiger partial charge in [0.2, 0.25) is 0 Å². The zero-order chi connectivity index (χ0) is 21.5. The predicted octanol–water partition coefficient (Wildman–Crippen LogP) is 1.22. The van der Waals surface area contributed by atoms with Crippen LogP contribution >= 0.6 is 0 Å². The molecule has 1 aromatic carbocycles. The fourth-order valence-electron chi connectivity index (χ4n) is 4.36. The molecule has 30 heavy (non-hydrogen) atoms. The van der Waals surface area contributed by atoms with Gasteiger partial charge >= 0.3 is 0 Å². The van der Waals surface area contributed by atoms with E-state index < -0.39 is 5.54 Å². The van der Waals surface area contributed by atoms with Crippen LogP contribution in [0.3, 0.4) is 0 Å². The number of H-pyrrole nitrogens is 1. The molecule has 0 amide bonds. The predicted molar refractivity (Wildman–Crippen MR) is 124 cm³/mol. The Morgan fingerprint density at radius 3 is 2.57 bits per heavy atom. The van der Waals surface area contributed by atoms with Crippen molar-refractivity contribution in [3.8, 4) is 0 Å². The van der Waals surface area contributed by atoms with Crippen LogP contribution in [-0.2, 0) is 12.0 Å². The molecule has 2 aromatic heterocycles. The van der Waals surface area contributed by atoms with Crippen molar-refractivity contribution in [1.82, 2.24) is 24.7 Å². The summed E-state index contributed by atoms with van der Waals surface area (Å²) >= 11 is 0. The molecule has 0 aliphatic heterocycles. The van der Waals surface area contributed by atoms with E-state index in [9.17, 15) is 4.79 Å². The van der Waals surface area contributed by atoms with Crippen LogP contribution in [0.25, 0.3) is 22.5 Å². The highest BCUT2D eigenvalue weighted by atomic mass is 16.1. The van der Waals surface area contributed by atoms with Gasteiger partial charge in [0.25, 0.3) is 0 Å². The number of nitrogens with one attached hydrogen (secondary N) is 2. The van der Waals surface area contributed by atoms with Crippen LogP contribution in [0.2, 0.25) is 0 Å². The first-order chi connectivity index (χ1) is 14.4. The Hall–Kier alpha value is -2.45. The maximum absolute atomic E-state index is 13.7. The molecular formula is C23H32N6O. The lowest BCUT2D eigenvalue weighted by molar-refractivity contribution is 0.354. The third kappa shape index (κ3) is 3.37. The van der Waals surface area contributed by atoms with E-state index in [1.165, 1.54) is 0 Å². The summed E-state index contributed by atoms with van der Waals surface area (Å²) in [5.41, 5.74) is 10.5. The smallest absolute Gasteiger partial charge is 0.195 e. The van der Waals surface area contributed by atoms with Gasteiger partial charge in [0, 0.05) is 49.2 Å². The lowest BCUT2D eigenvalue weighted by atomic mass is 9.82. The van der Waals surface area contributed by atoms with Gasteiger partial charge < -0.3 is 20.9 Å². The van der Waals surface area contributed by atoms with Crippen molar-refractivity contribution >= 4 is 22.5 Å². The monoisotopic (exact) mass is 408 g/mol. The average molecular weight is 409 g/mol. The maximum atomic E-state index is 13.7. The number of nitrogens with zero attached hydrogens (tertiary/aromatic N) is 3. The highest BCUT2D eigenvalue weighted by molar-refractivity contribution is 5.90. The van der Waals surface area contributed by atoms with E-state index in [0.717, 1.165) is 53.9 Å². The highest BCUT2D eigenvalue weighted by Crippen LogP contribution is 2.35. The molecule has 4 N–H and O–H groups in total. The van der Waals surface area contributed by atoms with Crippen LogP contribution in [0.4, 0.5) is 0 Å². The van der Waals surface area contributed by atoms with Crippen LogP contribution in [0.1, 0.15) is 16.8 Å². The first kappa shape index (κ1) is 20.8. The van der Waals surface area contributed by atoms with Crippen LogP contribution in [-0.4, -0.2) is 73.8 Å². The van der Waals surface area contributed by atoms with Crippen molar-refractivity contribution in [2.45, 2.75) is 12.0 Å². The molecule has 1 aliphatic rings. The highest BCUT2D eigenvalue weighted by Gasteiger charge is 2.37. The fraction of sp³-hybridized carbons (Fsp3) is 0.435. The van der Waals surface area contributed by atoms with E-state index in [-0.39, 0.29) is 5.43 Å². The second kappa shape index (κ2) is 8.00. The molecule has 1 atom stereocenters. The summed E-state index contributed by atoms with van der Waals surface area (Å²) in [6.07, 6.45) is 5.09. The Balaban J connectivity index is 1.97. The summed E-state index contributed by atoms with van der Waals surface area (Å²) in [5.74, 6) is 0. The average Bonchev–Trinajstić information content (AvgIpc) is 3.09. The summed E-state index contributed by atoms with van der Waals surface area (Å²) < 4.78 is 2.08. The third-order valence-corrected chi connectivity index (χ3v) is 6.02. The zero-order valence-electron chi connectivity index (χ0n) is 18.3. The topological polar surface area (TPSA) is 81.8 Å². The number of nitrogens with two attached hydrogens (primary N) is 1. The number of para-hydroxylation sites is 1. The summed E-state index contributed by atoms with van der Waals surface area (Å²) in [4.78, 5) is 18.0. The Labute approximate surface area is 177 Å². The lowest BCUT2D eigenvalue weighted by Gasteiger charge is -2.34. The molecule has 160 valence electrons. The number of aromatic nitrogens is 2. The van der Waals surface area contributed by atoms with Crippen molar-refractivity contribution in [3.05, 3.63) is 57.4 Å². The SMILES string of the molecule is CN(C)CCNC1(CN)C=Cc2c(CCN(C)C)[nH]n3c2c1c(=O)c1ccccc13. The Kier molecular flexibility index (Phi) is 5.55. The van der Waals surface area contributed by atoms with Gasteiger partial charge in [-0.2, -0.15) is 0 Å². The molecule has 7 nitrogen and oxygen atoms in total. The van der Waals surface area contributed by atoms with Crippen molar-refractivity contribution in [2.75, 3.05) is 54.4 Å². The van der Waals surface area contributed by atoms with Crippen molar-refractivity contribution < 1.29 is 0 Å². The number of rotatable bonds is 8. The van der Waals surface area contributed by atoms with Crippen molar-refractivity contribution in [1.29, 1.82) is 0 Å². The van der Waals surface area contributed by atoms with Crippen LogP contribution in [0, 0.1) is 0 Å². The molecule has 7 heteroatoms. The molecule has 0 spiro atoms. The third-order valence-electron chi connectivity index (χ3n) is 6.02. The van der Waals surface area contributed by atoms with Crippen molar-refractivity contribution in [3.63, 3.8) is 0 Å². The second-order valence-corrected chi connectivity index (χ2v) is 8.70. The molecule has 0 saturated carbocycles. The fourth-order valence-corrected chi connectivity index (χ4v) is 4.36. The first-order valence-corrected chi connectivity index (χ1v) is 10.5. The number of hydrogen-bond donors (Lipinski definition) is 3. The molecular weight excluding hydrogens is 376 g/mol. The number of fused-ring (bicyclic) bond motifs is 2. The van der Waals surface area contributed by atoms with Gasteiger partial charge in [0.15, 0.2) is 5.43 Å². The van der Waals surface area contributed by atoms with E-state index in [0.29, 0.717) is 11.9 Å². The van der Waals surface area contributed by atoms with Crippen LogP contribution in [0.15, 0.2) is 35.1 Å². The minimum absolute atomic E-state index is 0.0529. The summed E-state index contributed by atoms with van der Waals surface area (Å²) in [7, 11) is 8.22. The van der Waals surface area contributed by atoms with Gasteiger partial charge in [0.05, 0.1) is 22.1 Å². The number of pyridine rings is 1. The molecule has 2 heterocycles. The van der Waals surface area contributed by atoms with Gasteiger partial charge in [-0.05, 0) is 40.3 Å². The molecule has 0 radical (unpaired) electrons. The largest absolute Gasteiger partial charge is 0.328 e. The van der Waals surface area contributed by atoms with Gasteiger partial charge in [-0.1, -0.05) is 24.3 Å². The minimum atomic E-state index is -0.684. The van der Waals surface area contributed by atoms with E-state index in [4.69, 9.17) is 5.73 Å². The minimum Gasteiger partial charge on any atom is -0.328 e. The zero-order valence-corrected chi connectivity index (χ0v) is 18.3. The summed E-state index contributed by atoms with van der Waals surface area (Å²) in [6.45, 7) is 2.84. The molecule has 3 aromatic rings. The standard InChI is InChI=1S/C23H32N6O/c1-27(2)13-10-18-16-9-11-23(15-24,25-12-14-28(3)4)20-21(16)29(26-18)19-8-6-5-7-17(19)22(20)30/h5-9,11,25-26H,10,12-15,24H2,1-4H3. The summed E-state index contributed by atoms with van der Waals surface area (Å²) in [5, 5.41) is 7.88. The van der Waals surface area contributed by atoms with Crippen LogP contribution in [0.5, 0.6) is 0 Å². The number of benzene rings is 1. The van der Waals surface area contributed by atoms with Gasteiger partial charge in [-0.3, -0.25) is 14.4 Å². The quantitative estimate of drug-likeness (QED) is 0.522. The number of likely N-dealkylation sites (N-methyl/N-ethyl adjacent to an activating group) is 2. The van der Waals surface area contributed by atoms with Gasteiger partial charge in [0.1, 0.15) is 0 Å². The molecule has 0 bridgehead atoms. The molecule has 0 saturated heterocycles. The number of hydrogen-bond acceptors (Lipinski definition) is 5. The van der Waals surface area contributed by atoms with Gasteiger partial charge in [-0.15, -0.1) is 0 Å². The lowest BCUT2D eigenvalue weighted by Crippen LogP contribution is -2.52. The van der Waals surface area contributed by atoms with E-state index in [2.05, 4.69) is 51.0 Å². The molecule has 1 aliphatic carbocycles. The van der Waals surface area contributed by atoms with Crippen LogP contribution < -0.4 is 16.5 Å². The maximum Gasteiger partial charge on any atom is 0.195 e. The molecule has 1 unspecified atom stereocenters. The Morgan fingerprint density at radius 2 is 1.87 bits per heavy atom. The van der Waals surface area contributed by atoms with Crippen molar-refractivity contribution in [2.24, 2.45) is 5.73 Å². The molecule has 0 fully saturated rings. The second-order valence-electron chi connectivity index (χ2n) is 8.70. The first-order valence-electron chi connectivity index (χ1n) is 10.5. The molecule has 4 rings (SSSR count). The van der Waals surface area contributed by atoms with E-state index >= 15 is 0 Å². The van der Waals surface area contributed by atoms with E-state index in [1.807, 2.05) is 38.4 Å². The van der Waals surface area contributed by atoms with E-state index in [1.54, 1.807) is 0 Å². The number of aromatic amines is 1.